The number of nitrogens with one attached hydrogen (secondary N) is 1. The summed E-state index contributed by atoms with van der Waals surface area (Å²) in [5, 5.41) is 3.76. The van der Waals surface area contributed by atoms with Crippen molar-refractivity contribution in [3.05, 3.63) is 99.9 Å². The number of carbonyl (C=O) groups is 2. The Kier molecular flexibility index (Phi) is 6.06. The van der Waals surface area contributed by atoms with E-state index in [1.54, 1.807) is 29.2 Å². The van der Waals surface area contributed by atoms with E-state index in [2.05, 4.69) is 5.32 Å². The number of nitrogens with zero attached hydrogens (tertiary/aromatic N) is 1. The summed E-state index contributed by atoms with van der Waals surface area (Å²) in [6, 6.07) is 21.3. The number of amides is 2. The highest BCUT2D eigenvalue weighted by molar-refractivity contribution is 6.05. The number of aryl methyl sites for hydroxylation is 1. The largest absolute Gasteiger partial charge is 0.489 e. The van der Waals surface area contributed by atoms with Gasteiger partial charge >= 0.3 is 5.63 Å². The second kappa shape index (κ2) is 9.46. The standard InChI is InChI=1S/C28H24N2O5/c1-18-14-27(32)35-25-16-23(11-12-24(18)25)34-17-19-7-9-20(10-8-19)28(33)29-21-4-2-5-22(15-21)30-13-3-6-26(30)31/h2,4-5,7-12,14-16H,3,6,13,17H2,1H3,(H,29,33). The van der Waals surface area contributed by atoms with Crippen LogP contribution in [0.2, 0.25) is 0 Å². The van der Waals surface area contributed by atoms with Gasteiger partial charge in [-0.3, -0.25) is 9.59 Å². The van der Waals surface area contributed by atoms with Gasteiger partial charge in [-0.05, 0) is 66.9 Å². The maximum atomic E-state index is 12.7. The smallest absolute Gasteiger partial charge is 0.336 e. The van der Waals surface area contributed by atoms with Crippen LogP contribution in [-0.2, 0) is 11.4 Å². The van der Waals surface area contributed by atoms with E-state index in [1.807, 2.05) is 49.4 Å². The van der Waals surface area contributed by atoms with Crippen LogP contribution in [0.25, 0.3) is 11.0 Å². The predicted octanol–water partition coefficient (Wildman–Crippen LogP) is 5.06. The fourth-order valence-corrected chi connectivity index (χ4v) is 4.19. The van der Waals surface area contributed by atoms with E-state index in [9.17, 15) is 14.4 Å². The first-order valence-corrected chi connectivity index (χ1v) is 11.4. The van der Waals surface area contributed by atoms with Gasteiger partial charge in [0.05, 0.1) is 0 Å². The van der Waals surface area contributed by atoms with E-state index in [0.717, 1.165) is 28.6 Å². The molecule has 176 valence electrons. The third-order valence-electron chi connectivity index (χ3n) is 6.03. The first-order chi connectivity index (χ1) is 17.0. The summed E-state index contributed by atoms with van der Waals surface area (Å²) in [5.41, 5.74) is 3.78. The van der Waals surface area contributed by atoms with Gasteiger partial charge in [0.15, 0.2) is 0 Å². The Morgan fingerprint density at radius 1 is 1.03 bits per heavy atom. The van der Waals surface area contributed by atoms with Crippen molar-refractivity contribution in [1.82, 2.24) is 0 Å². The number of ether oxygens (including phenoxy) is 1. The van der Waals surface area contributed by atoms with Crippen molar-refractivity contribution in [2.45, 2.75) is 26.4 Å². The van der Waals surface area contributed by atoms with E-state index in [1.165, 1.54) is 6.07 Å². The van der Waals surface area contributed by atoms with Crippen LogP contribution in [-0.4, -0.2) is 18.4 Å². The summed E-state index contributed by atoms with van der Waals surface area (Å²) >= 11 is 0. The molecule has 3 aromatic carbocycles. The van der Waals surface area contributed by atoms with Crippen LogP contribution in [0, 0.1) is 6.92 Å². The first-order valence-electron chi connectivity index (χ1n) is 11.4. The second-order valence-electron chi connectivity index (χ2n) is 8.55. The summed E-state index contributed by atoms with van der Waals surface area (Å²) in [5.74, 6) is 0.460. The molecule has 0 spiro atoms. The molecular formula is C28H24N2O5. The molecule has 1 aromatic heterocycles. The van der Waals surface area contributed by atoms with Crippen LogP contribution in [0.5, 0.6) is 5.75 Å². The maximum absolute atomic E-state index is 12.7. The molecule has 1 N–H and O–H groups in total. The first kappa shape index (κ1) is 22.4. The van der Waals surface area contributed by atoms with Crippen molar-refractivity contribution in [2.75, 3.05) is 16.8 Å². The van der Waals surface area contributed by atoms with E-state index >= 15 is 0 Å². The summed E-state index contributed by atoms with van der Waals surface area (Å²) in [6.07, 6.45) is 1.41. The molecule has 2 heterocycles. The molecule has 2 amide bonds. The lowest BCUT2D eigenvalue weighted by Crippen LogP contribution is -2.23. The third kappa shape index (κ3) is 4.94. The average Bonchev–Trinajstić information content (AvgIpc) is 3.28. The van der Waals surface area contributed by atoms with Crippen molar-refractivity contribution >= 4 is 34.2 Å². The lowest BCUT2D eigenvalue weighted by atomic mass is 10.1. The molecule has 0 unspecified atom stereocenters. The van der Waals surface area contributed by atoms with Gasteiger partial charge in [0.25, 0.3) is 5.91 Å². The number of benzene rings is 3. The highest BCUT2D eigenvalue weighted by Gasteiger charge is 2.21. The van der Waals surface area contributed by atoms with Crippen LogP contribution in [0.3, 0.4) is 0 Å². The van der Waals surface area contributed by atoms with Crippen molar-refractivity contribution in [2.24, 2.45) is 0 Å². The number of hydrogen-bond donors (Lipinski definition) is 1. The molecule has 4 aromatic rings. The van der Waals surface area contributed by atoms with Crippen molar-refractivity contribution in [3.63, 3.8) is 0 Å². The number of rotatable bonds is 6. The SMILES string of the molecule is Cc1cc(=O)oc2cc(OCc3ccc(C(=O)Nc4cccc(N5CCCC5=O)c4)cc3)ccc12. The van der Waals surface area contributed by atoms with Gasteiger partial charge in [0.1, 0.15) is 17.9 Å². The van der Waals surface area contributed by atoms with E-state index in [-0.39, 0.29) is 11.8 Å². The third-order valence-corrected chi connectivity index (χ3v) is 6.03. The molecule has 0 radical (unpaired) electrons. The molecular weight excluding hydrogens is 444 g/mol. The van der Waals surface area contributed by atoms with Crippen molar-refractivity contribution in [3.8, 4) is 5.75 Å². The fourth-order valence-electron chi connectivity index (χ4n) is 4.19. The van der Waals surface area contributed by atoms with Crippen LogP contribution in [0.4, 0.5) is 11.4 Å². The summed E-state index contributed by atoms with van der Waals surface area (Å²) in [6.45, 7) is 2.87. The van der Waals surface area contributed by atoms with E-state index < -0.39 is 5.63 Å². The van der Waals surface area contributed by atoms with Gasteiger partial charge in [0.2, 0.25) is 5.91 Å². The molecule has 0 aliphatic carbocycles. The van der Waals surface area contributed by atoms with Crippen molar-refractivity contribution in [1.29, 1.82) is 0 Å². The molecule has 1 aliphatic heterocycles. The lowest BCUT2D eigenvalue weighted by molar-refractivity contribution is -0.117. The summed E-state index contributed by atoms with van der Waals surface area (Å²) < 4.78 is 11.1. The Morgan fingerprint density at radius 2 is 1.86 bits per heavy atom. The van der Waals surface area contributed by atoms with Gasteiger partial charge in [0, 0.05) is 47.4 Å². The number of hydrogen-bond acceptors (Lipinski definition) is 5. The van der Waals surface area contributed by atoms with Crippen LogP contribution < -0.4 is 20.6 Å². The Labute approximate surface area is 201 Å². The molecule has 7 heteroatoms. The van der Waals surface area contributed by atoms with Gasteiger partial charge in [-0.25, -0.2) is 4.79 Å². The minimum atomic E-state index is -0.391. The Hall–Kier alpha value is -4.39. The monoisotopic (exact) mass is 468 g/mol. The van der Waals surface area contributed by atoms with Crippen LogP contribution in [0.15, 0.2) is 82.0 Å². The van der Waals surface area contributed by atoms with Crippen LogP contribution >= 0.6 is 0 Å². The number of fused-ring (bicyclic) bond motifs is 1. The molecule has 0 atom stereocenters. The Morgan fingerprint density at radius 3 is 2.63 bits per heavy atom. The molecule has 1 saturated heterocycles. The van der Waals surface area contributed by atoms with Gasteiger partial charge in [-0.2, -0.15) is 0 Å². The van der Waals surface area contributed by atoms with E-state index in [4.69, 9.17) is 9.15 Å². The predicted molar refractivity (Wildman–Crippen MR) is 134 cm³/mol. The summed E-state index contributed by atoms with van der Waals surface area (Å²) in [4.78, 5) is 38.1. The fraction of sp³-hybridized carbons (Fsp3) is 0.179. The molecule has 1 aliphatic rings. The molecule has 1 fully saturated rings. The van der Waals surface area contributed by atoms with Crippen LogP contribution in [0.1, 0.15) is 34.3 Å². The zero-order valence-electron chi connectivity index (χ0n) is 19.2. The van der Waals surface area contributed by atoms with Gasteiger partial charge in [-0.1, -0.05) is 18.2 Å². The normalized spacial score (nSPS) is 13.3. The molecule has 5 rings (SSSR count). The summed E-state index contributed by atoms with van der Waals surface area (Å²) in [7, 11) is 0. The maximum Gasteiger partial charge on any atom is 0.336 e. The Balaban J connectivity index is 1.22. The molecule has 0 saturated carbocycles. The van der Waals surface area contributed by atoms with Crippen molar-refractivity contribution < 1.29 is 18.7 Å². The number of anilines is 2. The molecule has 35 heavy (non-hydrogen) atoms. The Bertz CT molecular complexity index is 1470. The number of carbonyl (C=O) groups excluding carboxylic acids is 2. The minimum absolute atomic E-state index is 0.106. The average molecular weight is 469 g/mol. The minimum Gasteiger partial charge on any atom is -0.489 e. The van der Waals surface area contributed by atoms with E-state index in [0.29, 0.717) is 42.2 Å². The highest BCUT2D eigenvalue weighted by atomic mass is 16.5. The highest BCUT2D eigenvalue weighted by Crippen LogP contribution is 2.25. The zero-order chi connectivity index (χ0) is 24.4. The lowest BCUT2D eigenvalue weighted by Gasteiger charge is -2.16. The zero-order valence-corrected chi connectivity index (χ0v) is 19.2. The topological polar surface area (TPSA) is 88.8 Å². The molecule has 0 bridgehead atoms. The van der Waals surface area contributed by atoms with Gasteiger partial charge in [-0.15, -0.1) is 0 Å². The second-order valence-corrected chi connectivity index (χ2v) is 8.55. The van der Waals surface area contributed by atoms with Gasteiger partial charge < -0.3 is 19.4 Å². The molecule has 7 nitrogen and oxygen atoms in total. The quantitative estimate of drug-likeness (QED) is 0.400.